The van der Waals surface area contributed by atoms with Crippen LogP contribution in [0.5, 0.6) is 0 Å². The summed E-state index contributed by atoms with van der Waals surface area (Å²) in [6.07, 6.45) is 0. The molecule has 108 valence electrons. The molecule has 0 fully saturated rings. The minimum Gasteiger partial charge on any atom is -0.389 e. The molecule has 0 saturated heterocycles. The van der Waals surface area contributed by atoms with E-state index in [4.69, 9.17) is 18.0 Å². The lowest BCUT2D eigenvalue weighted by Gasteiger charge is -2.18. The van der Waals surface area contributed by atoms with Crippen molar-refractivity contribution in [2.75, 3.05) is 17.3 Å². The SMILES string of the molecule is CN(C(=O)Nc1ccc(F)cc1)c1ccc(C(N)=S)cc1. The van der Waals surface area contributed by atoms with Gasteiger partial charge in [-0.25, -0.2) is 9.18 Å². The van der Waals surface area contributed by atoms with Crippen LogP contribution < -0.4 is 16.0 Å². The van der Waals surface area contributed by atoms with Gasteiger partial charge in [-0.3, -0.25) is 4.90 Å². The zero-order valence-corrected chi connectivity index (χ0v) is 12.2. The fourth-order valence-corrected chi connectivity index (χ4v) is 1.84. The van der Waals surface area contributed by atoms with Gasteiger partial charge in [0, 0.05) is 24.0 Å². The summed E-state index contributed by atoms with van der Waals surface area (Å²) >= 11 is 4.87. The summed E-state index contributed by atoms with van der Waals surface area (Å²) in [6.45, 7) is 0. The van der Waals surface area contributed by atoms with Crippen molar-refractivity contribution < 1.29 is 9.18 Å². The molecule has 0 heterocycles. The minimum atomic E-state index is -0.352. The molecule has 2 rings (SSSR count). The highest BCUT2D eigenvalue weighted by molar-refractivity contribution is 7.80. The van der Waals surface area contributed by atoms with Gasteiger partial charge in [0.1, 0.15) is 10.8 Å². The number of benzene rings is 2. The van der Waals surface area contributed by atoms with Crippen molar-refractivity contribution in [2.45, 2.75) is 0 Å². The molecule has 0 radical (unpaired) electrons. The molecule has 2 amide bonds. The number of hydrogen-bond donors (Lipinski definition) is 2. The standard InChI is InChI=1S/C15H14FN3OS/c1-19(13-8-2-10(3-9-13)14(17)21)15(20)18-12-6-4-11(16)5-7-12/h2-9H,1H3,(H2,17,21)(H,18,20). The summed E-state index contributed by atoms with van der Waals surface area (Å²) in [7, 11) is 1.63. The molecular formula is C15H14FN3OS. The summed E-state index contributed by atoms with van der Waals surface area (Å²) in [5.41, 5.74) is 7.47. The van der Waals surface area contributed by atoms with Gasteiger partial charge in [-0.05, 0) is 48.5 Å². The van der Waals surface area contributed by atoms with Crippen LogP contribution in [-0.2, 0) is 0 Å². The van der Waals surface area contributed by atoms with Crippen molar-refractivity contribution in [1.82, 2.24) is 0 Å². The number of amides is 2. The Labute approximate surface area is 127 Å². The molecule has 0 aliphatic heterocycles. The fourth-order valence-electron chi connectivity index (χ4n) is 1.71. The van der Waals surface area contributed by atoms with Crippen molar-refractivity contribution >= 4 is 34.6 Å². The number of hydrogen-bond acceptors (Lipinski definition) is 2. The average molecular weight is 303 g/mol. The second-order valence-electron chi connectivity index (χ2n) is 4.41. The number of urea groups is 1. The maximum Gasteiger partial charge on any atom is 0.326 e. The van der Waals surface area contributed by atoms with E-state index < -0.39 is 0 Å². The molecule has 0 aromatic heterocycles. The van der Waals surface area contributed by atoms with Crippen LogP contribution in [0.1, 0.15) is 5.56 Å². The van der Waals surface area contributed by atoms with E-state index in [1.165, 1.54) is 29.2 Å². The molecule has 0 aliphatic carbocycles. The lowest BCUT2D eigenvalue weighted by molar-refractivity contribution is 0.258. The van der Waals surface area contributed by atoms with E-state index >= 15 is 0 Å². The van der Waals surface area contributed by atoms with Gasteiger partial charge < -0.3 is 11.1 Å². The number of anilines is 2. The van der Waals surface area contributed by atoms with Crippen molar-refractivity contribution in [3.63, 3.8) is 0 Å². The Bertz CT molecular complexity index is 656. The second-order valence-corrected chi connectivity index (χ2v) is 4.85. The smallest absolute Gasteiger partial charge is 0.326 e. The molecule has 2 aromatic carbocycles. The van der Waals surface area contributed by atoms with Crippen LogP contribution in [-0.4, -0.2) is 18.1 Å². The molecule has 4 nitrogen and oxygen atoms in total. The number of carbonyl (C=O) groups is 1. The van der Waals surface area contributed by atoms with Gasteiger partial charge in [0.2, 0.25) is 0 Å². The second kappa shape index (κ2) is 6.32. The first-order chi connectivity index (χ1) is 9.97. The Morgan fingerprint density at radius 2 is 1.71 bits per heavy atom. The maximum atomic E-state index is 12.8. The predicted molar refractivity (Wildman–Crippen MR) is 86.2 cm³/mol. The topological polar surface area (TPSA) is 58.4 Å². The molecule has 0 spiro atoms. The van der Waals surface area contributed by atoms with Crippen LogP contribution in [0, 0.1) is 5.82 Å². The van der Waals surface area contributed by atoms with Crippen molar-refractivity contribution in [1.29, 1.82) is 0 Å². The highest BCUT2D eigenvalue weighted by atomic mass is 32.1. The van der Waals surface area contributed by atoms with Gasteiger partial charge in [-0.1, -0.05) is 12.2 Å². The molecule has 21 heavy (non-hydrogen) atoms. The third-order valence-electron chi connectivity index (χ3n) is 2.94. The largest absolute Gasteiger partial charge is 0.389 e. The Morgan fingerprint density at radius 3 is 2.24 bits per heavy atom. The van der Waals surface area contributed by atoms with Crippen LogP contribution in [0.15, 0.2) is 48.5 Å². The first kappa shape index (κ1) is 14.9. The van der Waals surface area contributed by atoms with Gasteiger partial charge in [0.15, 0.2) is 0 Å². The molecule has 0 saturated carbocycles. The Balaban J connectivity index is 2.08. The molecule has 2 aromatic rings. The Hall–Kier alpha value is -2.47. The van der Waals surface area contributed by atoms with Crippen molar-refractivity contribution in [2.24, 2.45) is 5.73 Å². The van der Waals surface area contributed by atoms with Crippen molar-refractivity contribution in [3.8, 4) is 0 Å². The summed E-state index contributed by atoms with van der Waals surface area (Å²) < 4.78 is 12.8. The first-order valence-electron chi connectivity index (χ1n) is 6.17. The van der Waals surface area contributed by atoms with Crippen LogP contribution in [0.2, 0.25) is 0 Å². The molecule has 0 unspecified atom stereocenters. The number of carbonyl (C=O) groups excluding carboxylic acids is 1. The van der Waals surface area contributed by atoms with Crippen LogP contribution >= 0.6 is 12.2 Å². The van der Waals surface area contributed by atoms with Gasteiger partial charge in [-0.2, -0.15) is 0 Å². The zero-order valence-electron chi connectivity index (χ0n) is 11.3. The molecule has 0 atom stereocenters. The maximum absolute atomic E-state index is 12.8. The monoisotopic (exact) mass is 303 g/mol. The van der Waals surface area contributed by atoms with Gasteiger partial charge >= 0.3 is 6.03 Å². The Morgan fingerprint density at radius 1 is 1.14 bits per heavy atom. The normalized spacial score (nSPS) is 10.0. The quantitative estimate of drug-likeness (QED) is 0.857. The lowest BCUT2D eigenvalue weighted by atomic mass is 10.2. The van der Waals surface area contributed by atoms with E-state index in [0.29, 0.717) is 16.4 Å². The number of nitrogens with zero attached hydrogens (tertiary/aromatic N) is 1. The Kier molecular flexibility index (Phi) is 4.49. The van der Waals surface area contributed by atoms with E-state index in [9.17, 15) is 9.18 Å². The number of nitrogens with two attached hydrogens (primary N) is 1. The number of rotatable bonds is 3. The lowest BCUT2D eigenvalue weighted by Crippen LogP contribution is -2.31. The van der Waals surface area contributed by atoms with Gasteiger partial charge in [-0.15, -0.1) is 0 Å². The minimum absolute atomic E-state index is 0.306. The summed E-state index contributed by atoms with van der Waals surface area (Å²) in [5, 5.41) is 2.67. The zero-order chi connectivity index (χ0) is 15.4. The summed E-state index contributed by atoms with van der Waals surface area (Å²) in [6, 6.07) is 12.2. The van der Waals surface area contributed by atoms with E-state index in [1.54, 1.807) is 31.3 Å². The van der Waals surface area contributed by atoms with E-state index in [0.717, 1.165) is 5.56 Å². The predicted octanol–water partition coefficient (Wildman–Crippen LogP) is 3.13. The van der Waals surface area contributed by atoms with E-state index in [1.807, 2.05) is 0 Å². The fraction of sp³-hybridized carbons (Fsp3) is 0.0667. The molecule has 3 N–H and O–H groups in total. The van der Waals surface area contributed by atoms with Gasteiger partial charge in [0.05, 0.1) is 0 Å². The molecular weight excluding hydrogens is 289 g/mol. The molecule has 0 bridgehead atoms. The molecule has 6 heteroatoms. The van der Waals surface area contributed by atoms with Crippen molar-refractivity contribution in [3.05, 3.63) is 59.9 Å². The van der Waals surface area contributed by atoms with E-state index in [-0.39, 0.29) is 11.8 Å². The number of halogens is 1. The van der Waals surface area contributed by atoms with E-state index in [2.05, 4.69) is 5.32 Å². The first-order valence-corrected chi connectivity index (χ1v) is 6.58. The van der Waals surface area contributed by atoms with Gasteiger partial charge in [0.25, 0.3) is 0 Å². The van der Waals surface area contributed by atoms with Crippen LogP contribution in [0.3, 0.4) is 0 Å². The molecule has 0 aliphatic rings. The third kappa shape index (κ3) is 3.76. The highest BCUT2D eigenvalue weighted by Gasteiger charge is 2.11. The van der Waals surface area contributed by atoms with Crippen LogP contribution in [0.4, 0.5) is 20.6 Å². The summed E-state index contributed by atoms with van der Waals surface area (Å²) in [5.74, 6) is -0.352. The summed E-state index contributed by atoms with van der Waals surface area (Å²) in [4.78, 5) is 13.8. The third-order valence-corrected chi connectivity index (χ3v) is 3.17. The highest BCUT2D eigenvalue weighted by Crippen LogP contribution is 2.16. The van der Waals surface area contributed by atoms with Crippen LogP contribution in [0.25, 0.3) is 0 Å². The number of thiocarbonyl (C=S) groups is 1. The number of nitrogens with one attached hydrogen (secondary N) is 1. The average Bonchev–Trinajstić information content (AvgIpc) is 2.49.